The van der Waals surface area contributed by atoms with Gasteiger partial charge in [0.1, 0.15) is 29.5 Å². The number of alkyl carbamates (subject to hydrolysis) is 2. The first kappa shape index (κ1) is 43.2. The number of likely N-dealkylation sites (tertiary alicyclic amines) is 2. The van der Waals surface area contributed by atoms with Gasteiger partial charge in [-0.05, 0) is 84.5 Å². The Morgan fingerprint density at radius 1 is 0.754 bits per heavy atom. The van der Waals surface area contributed by atoms with Crippen LogP contribution in [-0.2, 0) is 23.8 Å². The van der Waals surface area contributed by atoms with Crippen LogP contribution in [-0.4, -0.2) is 100 Å². The van der Waals surface area contributed by atoms with Gasteiger partial charge in [0, 0.05) is 49.2 Å². The molecule has 3 aliphatic rings. The van der Waals surface area contributed by atoms with Crippen molar-refractivity contribution in [2.24, 2.45) is 5.92 Å². The van der Waals surface area contributed by atoms with E-state index in [0.29, 0.717) is 79.6 Å². The monoisotopic (exact) mass is 882 g/mol. The fourth-order valence-electron chi connectivity index (χ4n) is 9.50. The van der Waals surface area contributed by atoms with Crippen molar-refractivity contribution in [3.8, 4) is 33.6 Å². The van der Waals surface area contributed by atoms with Crippen LogP contribution in [0.2, 0.25) is 0 Å². The van der Waals surface area contributed by atoms with E-state index in [2.05, 4.69) is 25.6 Å². The maximum Gasteiger partial charge on any atom is 0.407 e. The number of carbonyl (C=O) groups excluding carboxylic acids is 4. The van der Waals surface area contributed by atoms with Gasteiger partial charge in [0.15, 0.2) is 0 Å². The molecule has 2 aromatic heterocycles. The lowest BCUT2D eigenvalue weighted by molar-refractivity contribution is -0.137. The van der Waals surface area contributed by atoms with E-state index >= 15 is 4.39 Å². The lowest BCUT2D eigenvalue weighted by Gasteiger charge is -2.34. The molecule has 0 radical (unpaired) electrons. The molecule has 4 atom stereocenters. The molecule has 3 saturated heterocycles. The normalized spacial score (nSPS) is 18.6. The third-order valence-corrected chi connectivity index (χ3v) is 12.9. The van der Waals surface area contributed by atoms with E-state index in [-0.39, 0.29) is 29.8 Å². The quantitative estimate of drug-likeness (QED) is 0.100. The van der Waals surface area contributed by atoms with Crippen LogP contribution < -0.4 is 10.6 Å². The summed E-state index contributed by atoms with van der Waals surface area (Å²) in [5.41, 5.74) is 4.67. The van der Waals surface area contributed by atoms with Gasteiger partial charge in [-0.2, -0.15) is 0 Å². The van der Waals surface area contributed by atoms with Crippen molar-refractivity contribution in [3.63, 3.8) is 0 Å². The summed E-state index contributed by atoms with van der Waals surface area (Å²) >= 11 is 0. The molecule has 336 valence electrons. The molecule has 4 aromatic carbocycles. The van der Waals surface area contributed by atoms with E-state index in [0.717, 1.165) is 46.9 Å². The number of nitrogens with zero attached hydrogens (tertiary/aromatic N) is 4. The highest BCUT2D eigenvalue weighted by Gasteiger charge is 2.41. The predicted octanol–water partition coefficient (Wildman–Crippen LogP) is 8.00. The third-order valence-electron chi connectivity index (χ3n) is 12.9. The van der Waals surface area contributed by atoms with Crippen molar-refractivity contribution in [1.82, 2.24) is 40.4 Å². The highest BCUT2D eigenvalue weighted by molar-refractivity contribution is 5.91. The Labute approximate surface area is 375 Å². The number of amides is 4. The second-order valence-electron chi connectivity index (χ2n) is 16.7. The molecule has 0 bridgehead atoms. The molecule has 4 amide bonds. The maximum absolute atomic E-state index is 16.0. The van der Waals surface area contributed by atoms with E-state index in [4.69, 9.17) is 19.2 Å². The summed E-state index contributed by atoms with van der Waals surface area (Å²) < 4.78 is 31.2. The van der Waals surface area contributed by atoms with E-state index in [9.17, 15) is 19.2 Å². The van der Waals surface area contributed by atoms with E-state index < -0.39 is 30.1 Å². The zero-order chi connectivity index (χ0) is 45.0. The van der Waals surface area contributed by atoms with Crippen LogP contribution in [0.25, 0.3) is 44.4 Å². The Bertz CT molecular complexity index is 2700. The molecule has 0 spiro atoms. The van der Waals surface area contributed by atoms with Crippen LogP contribution in [0, 0.1) is 11.7 Å². The predicted molar refractivity (Wildman–Crippen MR) is 239 cm³/mol. The van der Waals surface area contributed by atoms with Gasteiger partial charge < -0.3 is 44.6 Å². The standard InChI is InChI=1S/C49H51FN8O7/c1-63-48(61)55-42(29-8-4-3-5-9-29)46(59)57-20-6-11-41(57)45-52-28-39(54-45)35-16-17-36(37(50)26-35)33-14-12-32-25-34(15-13-31(32)24-33)38-27-51-44(53-38)40-10-7-21-58(40)47(60)43(56-49(62)64-2)30-18-22-65-23-19-30/h3-5,8-9,12-17,24-28,30,40-43H,6-7,10-11,18-23H2,1-2H3,(H,51,53)(H,52,54)(H,55,61)(H,56,62)/t40?,41-,42+,43-/m0/s1. The number of aromatic amines is 2. The SMILES string of the molecule is COC(=O)N[C@H](C(=O)N1CCCC1c1nc(-c2ccc3cc(-c4ccc(-c5cnc([C@@H]6CCCN6C(=O)[C@H](NC(=O)OC)c6ccccc6)[nH]5)cc4F)ccc3c2)c[nH]1)C1CCOCC1. The Kier molecular flexibility index (Phi) is 12.6. The fourth-order valence-corrected chi connectivity index (χ4v) is 9.50. The lowest BCUT2D eigenvalue weighted by Crippen LogP contribution is -2.53. The van der Waals surface area contributed by atoms with Crippen molar-refractivity contribution >= 4 is 34.8 Å². The highest BCUT2D eigenvalue weighted by Crippen LogP contribution is 2.37. The first-order valence-corrected chi connectivity index (χ1v) is 22.1. The Hall–Kier alpha value is -7.07. The van der Waals surface area contributed by atoms with Gasteiger partial charge in [0.05, 0.1) is 43.9 Å². The largest absolute Gasteiger partial charge is 0.453 e. The van der Waals surface area contributed by atoms with Crippen molar-refractivity contribution in [3.05, 3.63) is 120 Å². The molecule has 6 aromatic rings. The molecule has 0 aliphatic carbocycles. The second-order valence-corrected chi connectivity index (χ2v) is 16.7. The molecule has 5 heterocycles. The van der Waals surface area contributed by atoms with E-state index in [1.54, 1.807) is 29.3 Å². The highest BCUT2D eigenvalue weighted by atomic mass is 19.1. The van der Waals surface area contributed by atoms with Crippen molar-refractivity contribution in [2.75, 3.05) is 40.5 Å². The minimum absolute atomic E-state index is 0.0522. The summed E-state index contributed by atoms with van der Waals surface area (Å²) in [6.45, 7) is 2.14. The molecule has 0 saturated carbocycles. The number of nitrogens with one attached hydrogen (secondary N) is 4. The summed E-state index contributed by atoms with van der Waals surface area (Å²) in [7, 11) is 2.55. The van der Waals surface area contributed by atoms with E-state index in [1.165, 1.54) is 20.3 Å². The van der Waals surface area contributed by atoms with Crippen LogP contribution in [0.1, 0.15) is 73.9 Å². The molecular formula is C49H51FN8O7. The second kappa shape index (κ2) is 19.0. The summed E-state index contributed by atoms with van der Waals surface area (Å²) in [6.07, 6.45) is 6.51. The van der Waals surface area contributed by atoms with Gasteiger partial charge >= 0.3 is 12.2 Å². The molecule has 65 heavy (non-hydrogen) atoms. The van der Waals surface area contributed by atoms with Gasteiger partial charge in [0.2, 0.25) is 5.91 Å². The molecule has 9 rings (SSSR count). The number of ether oxygens (including phenoxy) is 3. The molecule has 15 nitrogen and oxygen atoms in total. The summed E-state index contributed by atoms with van der Waals surface area (Å²) in [4.78, 5) is 72.3. The average molecular weight is 883 g/mol. The van der Waals surface area contributed by atoms with E-state index in [1.807, 2.05) is 71.8 Å². The molecule has 4 N–H and O–H groups in total. The maximum atomic E-state index is 16.0. The number of rotatable bonds is 11. The average Bonchev–Trinajstić information content (AvgIpc) is 4.20. The zero-order valence-corrected chi connectivity index (χ0v) is 36.2. The van der Waals surface area contributed by atoms with Crippen molar-refractivity contribution < 1.29 is 37.8 Å². The van der Waals surface area contributed by atoms with Gasteiger partial charge in [-0.15, -0.1) is 0 Å². The van der Waals surface area contributed by atoms with Gasteiger partial charge in [0.25, 0.3) is 5.91 Å². The van der Waals surface area contributed by atoms with Crippen LogP contribution in [0.3, 0.4) is 0 Å². The molecule has 1 unspecified atom stereocenters. The molecule has 3 fully saturated rings. The Morgan fingerprint density at radius 3 is 2.11 bits per heavy atom. The number of halogens is 1. The molecular weight excluding hydrogens is 832 g/mol. The fraction of sp³-hybridized carbons (Fsp3) is 0.347. The van der Waals surface area contributed by atoms with Gasteiger partial charge in [-0.3, -0.25) is 9.59 Å². The number of hydrogen-bond acceptors (Lipinski definition) is 9. The summed E-state index contributed by atoms with van der Waals surface area (Å²) in [5, 5.41) is 7.37. The zero-order valence-electron chi connectivity index (χ0n) is 36.2. The van der Waals surface area contributed by atoms with Crippen molar-refractivity contribution in [2.45, 2.75) is 62.7 Å². The number of carbonyl (C=O) groups is 4. The third kappa shape index (κ3) is 9.03. The smallest absolute Gasteiger partial charge is 0.407 e. The Balaban J connectivity index is 0.884. The number of aromatic nitrogens is 4. The molecule has 16 heteroatoms. The Morgan fingerprint density at radius 2 is 1.40 bits per heavy atom. The summed E-state index contributed by atoms with van der Waals surface area (Å²) in [6, 6.07) is 23.7. The van der Waals surface area contributed by atoms with Crippen LogP contribution >= 0.6 is 0 Å². The van der Waals surface area contributed by atoms with Crippen molar-refractivity contribution in [1.29, 1.82) is 0 Å². The number of fused-ring (bicyclic) bond motifs is 1. The van der Waals surface area contributed by atoms with Crippen LogP contribution in [0.15, 0.2) is 97.3 Å². The van der Waals surface area contributed by atoms with Crippen LogP contribution in [0.5, 0.6) is 0 Å². The number of methoxy groups -OCH3 is 2. The minimum Gasteiger partial charge on any atom is -0.453 e. The number of H-pyrrole nitrogens is 2. The minimum atomic E-state index is -0.934. The number of benzene rings is 4. The van der Waals surface area contributed by atoms with Gasteiger partial charge in [-0.25, -0.2) is 23.9 Å². The number of imidazole rings is 2. The summed E-state index contributed by atoms with van der Waals surface area (Å²) in [5.74, 6) is 0.414. The number of hydrogen-bond donors (Lipinski definition) is 4. The van der Waals surface area contributed by atoms with Gasteiger partial charge in [-0.1, -0.05) is 66.7 Å². The first-order chi connectivity index (χ1) is 31.7. The van der Waals surface area contributed by atoms with Crippen LogP contribution in [0.4, 0.5) is 14.0 Å². The molecule has 3 aliphatic heterocycles. The first-order valence-electron chi connectivity index (χ1n) is 22.1. The lowest BCUT2D eigenvalue weighted by atomic mass is 9.90. The topological polar surface area (TPSA) is 184 Å².